The van der Waals surface area contributed by atoms with Crippen molar-refractivity contribution in [3.63, 3.8) is 0 Å². The van der Waals surface area contributed by atoms with Crippen LogP contribution in [-0.2, 0) is 22.1 Å². The number of aromatic nitrogens is 2. The van der Waals surface area contributed by atoms with Crippen LogP contribution in [0, 0.1) is 0 Å². The SMILES string of the molecule is Cn1ncc(C(=O)O)c1C1(NC(=O)OC(C)(C)C)CCOC1. The molecule has 22 heavy (non-hydrogen) atoms. The lowest BCUT2D eigenvalue weighted by Gasteiger charge is -2.31. The van der Waals surface area contributed by atoms with E-state index in [1.165, 1.54) is 10.9 Å². The van der Waals surface area contributed by atoms with E-state index in [9.17, 15) is 14.7 Å². The molecule has 122 valence electrons. The highest BCUT2D eigenvalue weighted by Gasteiger charge is 2.44. The fourth-order valence-corrected chi connectivity index (χ4v) is 2.57. The summed E-state index contributed by atoms with van der Waals surface area (Å²) in [7, 11) is 1.64. The number of carboxylic acids is 1. The van der Waals surface area contributed by atoms with Gasteiger partial charge in [0.25, 0.3) is 0 Å². The Labute approximate surface area is 128 Å². The van der Waals surface area contributed by atoms with Crippen molar-refractivity contribution in [2.24, 2.45) is 7.05 Å². The van der Waals surface area contributed by atoms with Crippen molar-refractivity contribution in [1.29, 1.82) is 0 Å². The maximum Gasteiger partial charge on any atom is 0.408 e. The van der Waals surface area contributed by atoms with Gasteiger partial charge in [0.05, 0.1) is 18.5 Å². The maximum atomic E-state index is 12.1. The van der Waals surface area contributed by atoms with Gasteiger partial charge in [-0.25, -0.2) is 9.59 Å². The fourth-order valence-electron chi connectivity index (χ4n) is 2.57. The van der Waals surface area contributed by atoms with Gasteiger partial charge < -0.3 is 19.9 Å². The first-order chi connectivity index (χ1) is 10.1. The first-order valence-electron chi connectivity index (χ1n) is 6.99. The highest BCUT2D eigenvalue weighted by Crippen LogP contribution is 2.33. The van der Waals surface area contributed by atoms with Crippen molar-refractivity contribution in [1.82, 2.24) is 15.1 Å². The lowest BCUT2D eigenvalue weighted by atomic mass is 9.91. The Balaban J connectivity index is 2.36. The van der Waals surface area contributed by atoms with Gasteiger partial charge in [-0.1, -0.05) is 0 Å². The molecule has 2 heterocycles. The van der Waals surface area contributed by atoms with Crippen LogP contribution in [0.15, 0.2) is 6.20 Å². The third kappa shape index (κ3) is 3.22. The molecule has 0 saturated carbocycles. The second kappa shape index (κ2) is 5.60. The molecule has 1 saturated heterocycles. The van der Waals surface area contributed by atoms with Gasteiger partial charge >= 0.3 is 12.1 Å². The first kappa shape index (κ1) is 16.3. The highest BCUT2D eigenvalue weighted by molar-refractivity contribution is 5.89. The predicted molar refractivity (Wildman–Crippen MR) is 76.7 cm³/mol. The van der Waals surface area contributed by atoms with Gasteiger partial charge in [0.15, 0.2) is 0 Å². The van der Waals surface area contributed by atoms with Crippen LogP contribution in [0.5, 0.6) is 0 Å². The van der Waals surface area contributed by atoms with Crippen molar-refractivity contribution in [3.05, 3.63) is 17.5 Å². The number of hydrogen-bond acceptors (Lipinski definition) is 5. The number of aryl methyl sites for hydroxylation is 1. The Morgan fingerprint density at radius 2 is 2.18 bits per heavy atom. The van der Waals surface area contributed by atoms with Crippen LogP contribution in [0.1, 0.15) is 43.2 Å². The van der Waals surface area contributed by atoms with E-state index in [0.29, 0.717) is 18.7 Å². The van der Waals surface area contributed by atoms with Crippen molar-refractivity contribution in [2.45, 2.75) is 38.3 Å². The van der Waals surface area contributed by atoms with E-state index in [1.807, 2.05) is 0 Å². The molecule has 2 N–H and O–H groups in total. The van der Waals surface area contributed by atoms with Crippen molar-refractivity contribution in [2.75, 3.05) is 13.2 Å². The molecule has 0 bridgehead atoms. The minimum absolute atomic E-state index is 0.0454. The third-order valence-corrected chi connectivity index (χ3v) is 3.38. The molecule has 8 heteroatoms. The lowest BCUT2D eigenvalue weighted by molar-refractivity contribution is 0.0426. The Morgan fingerprint density at radius 1 is 1.50 bits per heavy atom. The van der Waals surface area contributed by atoms with Crippen LogP contribution in [0.25, 0.3) is 0 Å². The van der Waals surface area contributed by atoms with Gasteiger partial charge in [0, 0.05) is 20.1 Å². The molecule has 0 radical (unpaired) electrons. The summed E-state index contributed by atoms with van der Waals surface area (Å²) in [6.45, 7) is 5.87. The Morgan fingerprint density at radius 3 is 2.68 bits per heavy atom. The quantitative estimate of drug-likeness (QED) is 0.871. The molecular formula is C14H21N3O5. The largest absolute Gasteiger partial charge is 0.478 e. The molecule has 1 aliphatic heterocycles. The molecule has 2 rings (SSSR count). The number of amides is 1. The van der Waals surface area contributed by atoms with Crippen LogP contribution in [0.3, 0.4) is 0 Å². The van der Waals surface area contributed by atoms with E-state index in [0.717, 1.165) is 0 Å². The van der Waals surface area contributed by atoms with Gasteiger partial charge in [0.1, 0.15) is 16.7 Å². The predicted octanol–water partition coefficient (Wildman–Crippen LogP) is 1.26. The molecule has 0 spiro atoms. The summed E-state index contributed by atoms with van der Waals surface area (Å²) in [6.07, 6.45) is 1.11. The fraction of sp³-hybridized carbons (Fsp3) is 0.643. The van der Waals surface area contributed by atoms with Crippen molar-refractivity contribution >= 4 is 12.1 Å². The maximum absolute atomic E-state index is 12.1. The first-order valence-corrected chi connectivity index (χ1v) is 6.99. The van der Waals surface area contributed by atoms with E-state index >= 15 is 0 Å². The molecule has 1 aliphatic rings. The van der Waals surface area contributed by atoms with Gasteiger partial charge in [-0.2, -0.15) is 5.10 Å². The zero-order valence-electron chi connectivity index (χ0n) is 13.2. The van der Waals surface area contributed by atoms with Gasteiger partial charge in [0.2, 0.25) is 0 Å². The number of aromatic carboxylic acids is 1. The number of carbonyl (C=O) groups excluding carboxylic acids is 1. The van der Waals surface area contributed by atoms with Crippen molar-refractivity contribution in [3.8, 4) is 0 Å². The number of nitrogens with one attached hydrogen (secondary N) is 1. The summed E-state index contributed by atoms with van der Waals surface area (Å²) in [4.78, 5) is 23.6. The molecular weight excluding hydrogens is 290 g/mol. The Hall–Kier alpha value is -2.09. The van der Waals surface area contributed by atoms with E-state index in [-0.39, 0.29) is 12.2 Å². The van der Waals surface area contributed by atoms with Crippen LogP contribution in [-0.4, -0.2) is 45.8 Å². The highest BCUT2D eigenvalue weighted by atomic mass is 16.6. The normalized spacial score (nSPS) is 21.6. The topological polar surface area (TPSA) is 103 Å². The molecule has 1 unspecified atom stereocenters. The summed E-state index contributed by atoms with van der Waals surface area (Å²) in [5, 5.41) is 16.1. The Kier molecular flexibility index (Phi) is 4.15. The monoisotopic (exact) mass is 311 g/mol. The van der Waals surface area contributed by atoms with E-state index in [1.54, 1.807) is 27.8 Å². The van der Waals surface area contributed by atoms with Gasteiger partial charge in [-0.15, -0.1) is 0 Å². The zero-order chi connectivity index (χ0) is 16.5. The molecule has 8 nitrogen and oxygen atoms in total. The molecule has 1 aromatic heterocycles. The smallest absolute Gasteiger partial charge is 0.408 e. The van der Waals surface area contributed by atoms with E-state index < -0.39 is 23.2 Å². The second-order valence-electron chi connectivity index (χ2n) is 6.35. The zero-order valence-corrected chi connectivity index (χ0v) is 13.2. The Bertz CT molecular complexity index is 582. The number of rotatable bonds is 3. The average molecular weight is 311 g/mol. The second-order valence-corrected chi connectivity index (χ2v) is 6.35. The molecule has 1 fully saturated rings. The standard InChI is InChI=1S/C14H21N3O5/c1-13(2,3)22-12(20)16-14(5-6-21-8-14)10-9(11(18)19)7-15-17(10)4/h7H,5-6,8H2,1-4H3,(H,16,20)(H,18,19). The minimum atomic E-state index is -1.10. The minimum Gasteiger partial charge on any atom is -0.478 e. The van der Waals surface area contributed by atoms with E-state index in [4.69, 9.17) is 9.47 Å². The van der Waals surface area contributed by atoms with Crippen molar-refractivity contribution < 1.29 is 24.2 Å². The summed E-state index contributed by atoms with van der Waals surface area (Å²) >= 11 is 0. The third-order valence-electron chi connectivity index (χ3n) is 3.38. The van der Waals surface area contributed by atoms with Crippen LogP contribution in [0.4, 0.5) is 4.79 Å². The lowest BCUT2D eigenvalue weighted by Crippen LogP contribution is -2.50. The number of carbonyl (C=O) groups is 2. The summed E-state index contributed by atoms with van der Waals surface area (Å²) in [5.41, 5.74) is -1.15. The molecule has 0 aliphatic carbocycles. The molecule has 0 aromatic carbocycles. The van der Waals surface area contributed by atoms with Crippen LogP contribution >= 0.6 is 0 Å². The van der Waals surface area contributed by atoms with Gasteiger partial charge in [-0.3, -0.25) is 4.68 Å². The summed E-state index contributed by atoms with van der Waals surface area (Å²) in [6, 6.07) is 0. The number of carboxylic acid groups (broad SMARTS) is 1. The van der Waals surface area contributed by atoms with Crippen LogP contribution < -0.4 is 5.32 Å². The summed E-state index contributed by atoms with van der Waals surface area (Å²) in [5.74, 6) is -1.10. The molecule has 1 amide bonds. The number of nitrogens with zero attached hydrogens (tertiary/aromatic N) is 2. The number of alkyl carbamates (subject to hydrolysis) is 1. The molecule has 1 aromatic rings. The van der Waals surface area contributed by atoms with E-state index in [2.05, 4.69) is 10.4 Å². The number of hydrogen-bond donors (Lipinski definition) is 2. The summed E-state index contributed by atoms with van der Waals surface area (Å²) < 4.78 is 12.1. The molecule has 1 atom stereocenters. The average Bonchev–Trinajstić information content (AvgIpc) is 2.93. The number of ether oxygens (including phenoxy) is 2. The van der Waals surface area contributed by atoms with Gasteiger partial charge in [-0.05, 0) is 20.8 Å². The van der Waals surface area contributed by atoms with Crippen LogP contribution in [0.2, 0.25) is 0 Å².